The number of hydrogen-bond acceptors (Lipinski definition) is 2. The van der Waals surface area contributed by atoms with Crippen LogP contribution in [-0.2, 0) is 0 Å². The van der Waals surface area contributed by atoms with E-state index in [2.05, 4.69) is 5.32 Å². The number of benzene rings is 3. The second-order valence-corrected chi connectivity index (χ2v) is 5.42. The minimum Gasteiger partial charge on any atom is -0.465 e. The van der Waals surface area contributed by atoms with Crippen LogP contribution >= 0.6 is 0 Å². The maximum Gasteiger partial charge on any atom is 0.409 e. The topological polar surface area (TPSA) is 66.4 Å². The largest absolute Gasteiger partial charge is 0.465 e. The first kappa shape index (κ1) is 16.4. The van der Waals surface area contributed by atoms with Crippen LogP contribution in [0.4, 0.5) is 14.9 Å². The Balaban J connectivity index is 1.78. The fraction of sp³-hybridized carbons (Fsp3) is 0. The van der Waals surface area contributed by atoms with Crippen molar-refractivity contribution < 1.29 is 19.1 Å². The van der Waals surface area contributed by atoms with E-state index in [4.69, 9.17) is 5.11 Å². The summed E-state index contributed by atoms with van der Waals surface area (Å²) in [5.74, 6) is -0.455. The summed E-state index contributed by atoms with van der Waals surface area (Å²) in [6.07, 6.45) is -1.16. The molecule has 3 aromatic carbocycles. The summed E-state index contributed by atoms with van der Waals surface area (Å²) in [5.41, 5.74) is 3.13. The van der Waals surface area contributed by atoms with Crippen LogP contribution in [0, 0.1) is 5.82 Å². The predicted octanol–water partition coefficient (Wildman–Crippen LogP) is 4.81. The van der Waals surface area contributed by atoms with E-state index in [9.17, 15) is 14.0 Å². The average molecular weight is 335 g/mol. The number of carbonyl (C=O) groups excluding carboxylic acids is 1. The number of anilines is 1. The molecule has 0 radical (unpaired) electrons. The van der Waals surface area contributed by atoms with Gasteiger partial charge in [-0.25, -0.2) is 9.18 Å². The van der Waals surface area contributed by atoms with Gasteiger partial charge in [-0.15, -0.1) is 0 Å². The maximum absolute atomic E-state index is 13.0. The molecule has 0 saturated heterocycles. The van der Waals surface area contributed by atoms with E-state index in [1.807, 2.05) is 0 Å². The molecule has 3 rings (SSSR count). The van der Waals surface area contributed by atoms with Gasteiger partial charge in [0.1, 0.15) is 5.82 Å². The third-order valence-corrected chi connectivity index (χ3v) is 3.72. The monoisotopic (exact) mass is 335 g/mol. The Labute approximate surface area is 143 Å². The molecule has 0 aliphatic rings. The molecule has 0 spiro atoms. The Bertz CT molecular complexity index is 901. The first-order valence-electron chi connectivity index (χ1n) is 7.53. The van der Waals surface area contributed by atoms with E-state index < -0.39 is 6.09 Å². The van der Waals surface area contributed by atoms with Crippen LogP contribution in [0.3, 0.4) is 0 Å². The summed E-state index contributed by atoms with van der Waals surface area (Å²) in [5, 5.41) is 10.9. The van der Waals surface area contributed by atoms with E-state index in [1.54, 1.807) is 48.5 Å². The van der Waals surface area contributed by atoms with Crippen LogP contribution in [0.1, 0.15) is 15.9 Å². The number of halogens is 1. The zero-order chi connectivity index (χ0) is 17.8. The van der Waals surface area contributed by atoms with Crippen molar-refractivity contribution in [2.75, 3.05) is 5.32 Å². The summed E-state index contributed by atoms with van der Waals surface area (Å²) >= 11 is 0. The van der Waals surface area contributed by atoms with E-state index in [1.165, 1.54) is 24.3 Å². The average Bonchev–Trinajstić information content (AvgIpc) is 2.62. The molecule has 1 amide bonds. The number of hydrogen-bond donors (Lipinski definition) is 2. The fourth-order valence-corrected chi connectivity index (χ4v) is 2.45. The molecule has 4 nitrogen and oxygen atoms in total. The lowest BCUT2D eigenvalue weighted by molar-refractivity contribution is 0.103. The Kier molecular flexibility index (Phi) is 4.57. The quantitative estimate of drug-likeness (QED) is 0.672. The van der Waals surface area contributed by atoms with Gasteiger partial charge >= 0.3 is 6.09 Å². The van der Waals surface area contributed by atoms with Gasteiger partial charge in [-0.1, -0.05) is 36.4 Å². The van der Waals surface area contributed by atoms with Crippen molar-refractivity contribution in [3.8, 4) is 11.1 Å². The van der Waals surface area contributed by atoms with Crippen molar-refractivity contribution in [3.05, 3.63) is 89.7 Å². The van der Waals surface area contributed by atoms with E-state index in [0.29, 0.717) is 16.8 Å². The highest BCUT2D eigenvalue weighted by Crippen LogP contribution is 2.21. The maximum atomic E-state index is 13.0. The second kappa shape index (κ2) is 6.97. The number of nitrogens with one attached hydrogen (secondary N) is 1. The number of rotatable bonds is 4. The molecule has 0 fully saturated rings. The number of ketones is 1. The lowest BCUT2D eigenvalue weighted by Gasteiger charge is -2.06. The zero-order valence-corrected chi connectivity index (χ0v) is 13.1. The predicted molar refractivity (Wildman–Crippen MR) is 93.4 cm³/mol. The van der Waals surface area contributed by atoms with E-state index >= 15 is 0 Å². The van der Waals surface area contributed by atoms with Gasteiger partial charge in [0.15, 0.2) is 5.78 Å². The standard InChI is InChI=1S/C20H14FNO3/c21-17-9-5-14(6-10-17)13-1-3-15(4-2-13)19(23)16-7-11-18(12-8-16)22-20(24)25/h1-12,22H,(H,24,25). The van der Waals surface area contributed by atoms with Crippen molar-refractivity contribution in [2.24, 2.45) is 0 Å². The minimum absolute atomic E-state index is 0.160. The molecule has 2 N–H and O–H groups in total. The lowest BCUT2D eigenvalue weighted by Crippen LogP contribution is -2.07. The first-order valence-corrected chi connectivity index (χ1v) is 7.53. The summed E-state index contributed by atoms with van der Waals surface area (Å²) in [7, 11) is 0. The normalized spacial score (nSPS) is 10.3. The second-order valence-electron chi connectivity index (χ2n) is 5.42. The smallest absolute Gasteiger partial charge is 0.409 e. The highest BCUT2D eigenvalue weighted by atomic mass is 19.1. The van der Waals surface area contributed by atoms with Crippen LogP contribution < -0.4 is 5.32 Å². The molecule has 5 heteroatoms. The van der Waals surface area contributed by atoms with Gasteiger partial charge < -0.3 is 5.11 Å². The summed E-state index contributed by atoms with van der Waals surface area (Å²) in [6, 6.07) is 19.4. The first-order chi connectivity index (χ1) is 12.0. The Hall–Kier alpha value is -3.47. The van der Waals surface area contributed by atoms with Gasteiger partial charge in [-0.3, -0.25) is 10.1 Å². The summed E-state index contributed by atoms with van der Waals surface area (Å²) < 4.78 is 13.0. The van der Waals surface area contributed by atoms with Gasteiger partial charge in [-0.2, -0.15) is 0 Å². The molecule has 0 saturated carbocycles. The van der Waals surface area contributed by atoms with Gasteiger partial charge in [0.05, 0.1) is 0 Å². The Morgan fingerprint density at radius 1 is 0.720 bits per heavy atom. The number of carboxylic acid groups (broad SMARTS) is 1. The van der Waals surface area contributed by atoms with Crippen molar-refractivity contribution in [3.63, 3.8) is 0 Å². The van der Waals surface area contributed by atoms with Gasteiger partial charge in [0.2, 0.25) is 0 Å². The van der Waals surface area contributed by atoms with Crippen LogP contribution in [0.25, 0.3) is 11.1 Å². The van der Waals surface area contributed by atoms with Crippen LogP contribution in [0.2, 0.25) is 0 Å². The van der Waals surface area contributed by atoms with Crippen molar-refractivity contribution in [2.45, 2.75) is 0 Å². The molecule has 3 aromatic rings. The van der Waals surface area contributed by atoms with Crippen molar-refractivity contribution in [1.29, 1.82) is 0 Å². The molecule has 0 unspecified atom stereocenters. The Morgan fingerprint density at radius 3 is 1.64 bits per heavy atom. The van der Waals surface area contributed by atoms with E-state index in [-0.39, 0.29) is 11.6 Å². The molecule has 124 valence electrons. The minimum atomic E-state index is -1.16. The lowest BCUT2D eigenvalue weighted by atomic mass is 9.99. The van der Waals surface area contributed by atoms with Crippen molar-refractivity contribution in [1.82, 2.24) is 0 Å². The Morgan fingerprint density at radius 2 is 1.16 bits per heavy atom. The van der Waals surface area contributed by atoms with Gasteiger partial charge in [-0.05, 0) is 47.5 Å². The molecule has 0 aliphatic carbocycles. The highest BCUT2D eigenvalue weighted by molar-refractivity contribution is 6.09. The van der Waals surface area contributed by atoms with E-state index in [0.717, 1.165) is 11.1 Å². The van der Waals surface area contributed by atoms with Gasteiger partial charge in [0.25, 0.3) is 0 Å². The molecule has 0 aromatic heterocycles. The summed E-state index contributed by atoms with van der Waals surface area (Å²) in [6.45, 7) is 0. The molecule has 0 atom stereocenters. The van der Waals surface area contributed by atoms with Crippen LogP contribution in [0.15, 0.2) is 72.8 Å². The molecule has 0 aliphatic heterocycles. The highest BCUT2D eigenvalue weighted by Gasteiger charge is 2.10. The summed E-state index contributed by atoms with van der Waals surface area (Å²) in [4.78, 5) is 23.1. The number of amides is 1. The molecular weight excluding hydrogens is 321 g/mol. The molecule has 25 heavy (non-hydrogen) atoms. The SMILES string of the molecule is O=C(O)Nc1ccc(C(=O)c2ccc(-c3ccc(F)cc3)cc2)cc1. The van der Waals surface area contributed by atoms with Crippen molar-refractivity contribution >= 4 is 17.6 Å². The van der Waals surface area contributed by atoms with Crippen LogP contribution in [0.5, 0.6) is 0 Å². The third-order valence-electron chi connectivity index (χ3n) is 3.72. The number of carbonyl (C=O) groups is 2. The zero-order valence-electron chi connectivity index (χ0n) is 13.1. The fourth-order valence-electron chi connectivity index (χ4n) is 2.45. The molecular formula is C20H14FNO3. The van der Waals surface area contributed by atoms with Crippen LogP contribution in [-0.4, -0.2) is 17.0 Å². The third kappa shape index (κ3) is 3.90. The van der Waals surface area contributed by atoms with Gasteiger partial charge in [0, 0.05) is 16.8 Å². The molecule has 0 bridgehead atoms. The molecule has 0 heterocycles.